The Labute approximate surface area is 235 Å². The lowest BCUT2D eigenvalue weighted by atomic mass is 9.97. The van der Waals surface area contributed by atoms with E-state index in [1.54, 1.807) is 30.5 Å². The average Bonchev–Trinajstić information content (AvgIpc) is 3.38. The van der Waals surface area contributed by atoms with E-state index in [1.165, 1.54) is 24.3 Å². The van der Waals surface area contributed by atoms with Crippen LogP contribution in [0, 0.1) is 5.92 Å². The van der Waals surface area contributed by atoms with Crippen LogP contribution in [0.2, 0.25) is 0 Å². The number of allylic oxidation sites excluding steroid dienone is 2. The fourth-order valence-corrected chi connectivity index (χ4v) is 5.02. The van der Waals surface area contributed by atoms with Gasteiger partial charge in [0.25, 0.3) is 5.91 Å². The number of nitrogens with zero attached hydrogens (tertiary/aromatic N) is 2. The molecule has 0 saturated carbocycles. The third-order valence-electron chi connectivity index (χ3n) is 7.23. The minimum Gasteiger partial charge on any atom is -0.383 e. The second-order valence-corrected chi connectivity index (χ2v) is 10.3. The highest BCUT2D eigenvalue weighted by atomic mass is 19.4. The van der Waals surface area contributed by atoms with E-state index in [4.69, 9.17) is 0 Å². The number of aliphatic hydroxyl groups excluding tert-OH is 1. The summed E-state index contributed by atoms with van der Waals surface area (Å²) in [5.41, 5.74) is 2.66. The number of carbonyl (C=O) groups excluding carboxylic acids is 2. The molecule has 0 spiro atoms. The van der Waals surface area contributed by atoms with Crippen LogP contribution in [0.5, 0.6) is 0 Å². The lowest BCUT2D eigenvalue weighted by Crippen LogP contribution is -2.34. The molecule has 1 saturated heterocycles. The number of pyridine rings is 1. The molecule has 3 aromatic rings. The Hall–Kier alpha value is -4.44. The lowest BCUT2D eigenvalue weighted by molar-refractivity contribution is -0.137. The number of aliphatic hydroxyl groups is 1. The third-order valence-corrected chi connectivity index (χ3v) is 7.23. The Morgan fingerprint density at radius 2 is 1.88 bits per heavy atom. The minimum absolute atomic E-state index is 0.0681. The number of carbonyl (C=O) groups is 2. The summed E-state index contributed by atoms with van der Waals surface area (Å²) in [4.78, 5) is 31.3. The molecule has 2 amide bonds. The van der Waals surface area contributed by atoms with Crippen LogP contribution in [0.15, 0.2) is 79.0 Å². The normalized spacial score (nSPS) is 19.3. The van der Waals surface area contributed by atoms with Crippen molar-refractivity contribution in [2.45, 2.75) is 32.0 Å². The molecule has 2 unspecified atom stereocenters. The van der Waals surface area contributed by atoms with Crippen LogP contribution in [0.4, 0.5) is 30.4 Å². The molecule has 7 nitrogen and oxygen atoms in total. The van der Waals surface area contributed by atoms with Crippen LogP contribution in [0.1, 0.15) is 35.6 Å². The first kappa shape index (κ1) is 28.1. The zero-order chi connectivity index (χ0) is 29.1. The van der Waals surface area contributed by atoms with Crippen LogP contribution < -0.4 is 15.5 Å². The van der Waals surface area contributed by atoms with Gasteiger partial charge in [0.05, 0.1) is 5.56 Å². The largest absolute Gasteiger partial charge is 0.416 e. The van der Waals surface area contributed by atoms with Gasteiger partial charge in [-0.05, 0) is 59.9 Å². The molecule has 2 aromatic carbocycles. The van der Waals surface area contributed by atoms with Crippen molar-refractivity contribution >= 4 is 34.6 Å². The first-order valence-electron chi connectivity index (χ1n) is 13.3. The van der Waals surface area contributed by atoms with Gasteiger partial charge in [0.2, 0.25) is 5.91 Å². The highest BCUT2D eigenvalue weighted by Crippen LogP contribution is 2.32. The van der Waals surface area contributed by atoms with Crippen LogP contribution >= 0.6 is 0 Å². The number of alkyl halides is 3. The van der Waals surface area contributed by atoms with Gasteiger partial charge in [-0.1, -0.05) is 37.3 Å². The number of nitrogens with one attached hydrogen (secondary N) is 2. The molecule has 10 heteroatoms. The zero-order valence-corrected chi connectivity index (χ0v) is 22.3. The SMILES string of the molecule is CC1CCN(c2ccc(/C(=C\C=C\C(=O)Nc3cccc4c3CC(O)C(=O)N4)c3ccc(C(F)(F)F)cc3)cn2)C1. The topological polar surface area (TPSA) is 94.6 Å². The van der Waals surface area contributed by atoms with Gasteiger partial charge in [-0.15, -0.1) is 0 Å². The first-order chi connectivity index (χ1) is 19.6. The van der Waals surface area contributed by atoms with Crippen molar-refractivity contribution in [2.75, 3.05) is 28.6 Å². The van der Waals surface area contributed by atoms with Crippen LogP contribution in [-0.2, 0) is 22.2 Å². The molecule has 0 aliphatic carbocycles. The Bertz CT molecular complexity index is 1500. The molecule has 2 aliphatic heterocycles. The molecule has 1 aromatic heterocycles. The van der Waals surface area contributed by atoms with Gasteiger partial charge in [0.15, 0.2) is 0 Å². The van der Waals surface area contributed by atoms with E-state index in [9.17, 15) is 27.9 Å². The Morgan fingerprint density at radius 1 is 1.12 bits per heavy atom. The summed E-state index contributed by atoms with van der Waals surface area (Å²) in [6.45, 7) is 4.03. The van der Waals surface area contributed by atoms with Crippen LogP contribution in [-0.4, -0.2) is 41.1 Å². The van der Waals surface area contributed by atoms with Gasteiger partial charge in [-0.3, -0.25) is 9.59 Å². The van der Waals surface area contributed by atoms with Gasteiger partial charge in [0, 0.05) is 54.3 Å². The molecule has 212 valence electrons. The second kappa shape index (κ2) is 11.6. The number of hydrogen-bond donors (Lipinski definition) is 3. The van der Waals surface area contributed by atoms with E-state index < -0.39 is 29.7 Å². The molecular formula is C31H29F3N4O3. The van der Waals surface area contributed by atoms with E-state index in [2.05, 4.69) is 27.4 Å². The van der Waals surface area contributed by atoms with Crippen molar-refractivity contribution in [1.82, 2.24) is 4.98 Å². The number of hydrogen-bond acceptors (Lipinski definition) is 5. The Balaban J connectivity index is 1.39. The van der Waals surface area contributed by atoms with E-state index in [-0.39, 0.29) is 6.42 Å². The van der Waals surface area contributed by atoms with E-state index in [0.29, 0.717) is 39.6 Å². The fraction of sp³-hybridized carbons (Fsp3) is 0.258. The van der Waals surface area contributed by atoms with Gasteiger partial charge in [0.1, 0.15) is 11.9 Å². The lowest BCUT2D eigenvalue weighted by Gasteiger charge is -2.23. The number of rotatable bonds is 6. The molecule has 5 rings (SSSR count). The predicted octanol–water partition coefficient (Wildman–Crippen LogP) is 5.43. The maximum Gasteiger partial charge on any atom is 0.416 e. The quantitative estimate of drug-likeness (QED) is 0.275. The standard InChI is InChI=1S/C31H29F3N4O3/c1-19-14-15-38(18-19)28-13-10-21(17-35-28)23(20-8-11-22(12-9-20)31(32,33)34)4-2-7-29(40)36-25-5-3-6-26-24(25)16-27(39)30(41)37-26/h2-13,17,19,27,39H,14-16,18H2,1H3,(H,36,40)(H,37,41)/b7-2+,23-4-. The molecule has 0 bridgehead atoms. The maximum absolute atomic E-state index is 13.2. The van der Waals surface area contributed by atoms with Gasteiger partial charge >= 0.3 is 6.18 Å². The molecule has 0 radical (unpaired) electrons. The van der Waals surface area contributed by atoms with Gasteiger partial charge in [-0.25, -0.2) is 4.98 Å². The Kier molecular flexibility index (Phi) is 7.94. The van der Waals surface area contributed by atoms with E-state index in [1.807, 2.05) is 12.1 Å². The summed E-state index contributed by atoms with van der Waals surface area (Å²) in [7, 11) is 0. The highest BCUT2D eigenvalue weighted by molar-refractivity contribution is 6.03. The molecule has 3 heterocycles. The number of fused-ring (bicyclic) bond motifs is 1. The van der Waals surface area contributed by atoms with Gasteiger partial charge in [-0.2, -0.15) is 13.2 Å². The Morgan fingerprint density at radius 3 is 2.54 bits per heavy atom. The number of amides is 2. The summed E-state index contributed by atoms with van der Waals surface area (Å²) in [5.74, 6) is 0.469. The summed E-state index contributed by atoms with van der Waals surface area (Å²) < 4.78 is 39.5. The van der Waals surface area contributed by atoms with Gasteiger partial charge < -0.3 is 20.6 Å². The predicted molar refractivity (Wildman–Crippen MR) is 151 cm³/mol. The number of anilines is 3. The van der Waals surface area contributed by atoms with Crippen molar-refractivity contribution in [3.05, 3.63) is 101 Å². The monoisotopic (exact) mass is 562 g/mol. The summed E-state index contributed by atoms with van der Waals surface area (Å²) in [5, 5.41) is 15.3. The zero-order valence-electron chi connectivity index (χ0n) is 22.3. The molecule has 1 fully saturated rings. The molecular weight excluding hydrogens is 533 g/mol. The van der Waals surface area contributed by atoms with Crippen molar-refractivity contribution in [2.24, 2.45) is 5.92 Å². The number of benzene rings is 2. The third kappa shape index (κ3) is 6.49. The average molecular weight is 563 g/mol. The van der Waals surface area contributed by atoms with Crippen LogP contribution in [0.25, 0.3) is 5.57 Å². The minimum atomic E-state index is -4.45. The van der Waals surface area contributed by atoms with Crippen molar-refractivity contribution in [1.29, 1.82) is 0 Å². The van der Waals surface area contributed by atoms with Crippen molar-refractivity contribution < 1.29 is 27.9 Å². The molecule has 2 atom stereocenters. The summed E-state index contributed by atoms with van der Waals surface area (Å²) in [6, 6.07) is 13.7. The summed E-state index contributed by atoms with van der Waals surface area (Å²) >= 11 is 0. The van der Waals surface area contributed by atoms with Crippen molar-refractivity contribution in [3.8, 4) is 0 Å². The van der Waals surface area contributed by atoms with Crippen LogP contribution in [0.3, 0.4) is 0 Å². The molecule has 3 N–H and O–H groups in total. The number of aromatic nitrogens is 1. The fourth-order valence-electron chi connectivity index (χ4n) is 5.02. The second-order valence-electron chi connectivity index (χ2n) is 10.3. The highest BCUT2D eigenvalue weighted by Gasteiger charge is 2.30. The molecule has 2 aliphatic rings. The maximum atomic E-state index is 13.2. The van der Waals surface area contributed by atoms with E-state index >= 15 is 0 Å². The summed E-state index contributed by atoms with van der Waals surface area (Å²) in [6.07, 6.45) is 1.66. The van der Waals surface area contributed by atoms with Crippen molar-refractivity contribution in [3.63, 3.8) is 0 Å². The number of halogens is 3. The molecule has 41 heavy (non-hydrogen) atoms. The van der Waals surface area contributed by atoms with E-state index in [0.717, 1.165) is 37.5 Å². The smallest absolute Gasteiger partial charge is 0.383 e. The first-order valence-corrected chi connectivity index (χ1v) is 13.3.